The van der Waals surface area contributed by atoms with E-state index >= 15 is 0 Å². The van der Waals surface area contributed by atoms with E-state index in [2.05, 4.69) is 10.6 Å². The average Bonchev–Trinajstić information content (AvgIpc) is 4.02. The van der Waals surface area contributed by atoms with Gasteiger partial charge in [-0.1, -0.05) is 36.8 Å². The Morgan fingerprint density at radius 2 is 0.925 bits per heavy atom. The van der Waals surface area contributed by atoms with E-state index in [1.807, 2.05) is 36.6 Å². The molecule has 2 aliphatic heterocycles. The van der Waals surface area contributed by atoms with Crippen LogP contribution in [0.4, 0.5) is 0 Å². The number of primary amides is 2. The van der Waals surface area contributed by atoms with Crippen LogP contribution in [0.5, 0.6) is 0 Å². The SMILES string of the molecule is CSCC[C@H](N)C(=O)O.NC(=O)CC[C@H](N)C(=O)O.NC(=O)CC[C@H](N)C(=O)O.NCCCC[C@H](N)C(=O)O.N[C@@H](Cc1ccccc1)C(=O)O.O=C(O)[C@@H]1CCCN1.O=C(O)[C@@H]1CCCN1. The molecule has 3 rings (SSSR count). The fourth-order valence-corrected chi connectivity index (χ4v) is 5.08. The Hall–Kier alpha value is -5.52. The minimum Gasteiger partial charge on any atom is -0.480 e. The molecule has 2 saturated heterocycles. The van der Waals surface area contributed by atoms with E-state index in [0.29, 0.717) is 25.8 Å². The normalized spacial score (nSPS) is 16.4. The summed E-state index contributed by atoms with van der Waals surface area (Å²) in [6.07, 6.45) is 8.84. The predicted octanol–water partition coefficient (Wildman–Crippen LogP) is -2.71. The van der Waals surface area contributed by atoms with Crippen LogP contribution in [-0.4, -0.2) is 163 Å². The van der Waals surface area contributed by atoms with E-state index in [4.69, 9.17) is 81.6 Å². The second-order valence-corrected chi connectivity index (χ2v) is 15.4. The molecule has 27 heteroatoms. The van der Waals surface area contributed by atoms with Gasteiger partial charge in [0.2, 0.25) is 11.8 Å². The lowest BCUT2D eigenvalue weighted by Gasteiger charge is -2.04. The van der Waals surface area contributed by atoms with Gasteiger partial charge in [0.15, 0.2) is 0 Å². The Kier molecular flexibility index (Phi) is 43.8. The van der Waals surface area contributed by atoms with Crippen LogP contribution in [0.25, 0.3) is 0 Å². The number of hydrogen-bond acceptors (Lipinski definition) is 18. The number of carboxylic acid groups (broad SMARTS) is 7. The third-order valence-corrected chi connectivity index (χ3v) is 9.25. The maximum Gasteiger partial charge on any atom is 0.320 e. The Bertz CT molecular complexity index is 1510. The van der Waals surface area contributed by atoms with E-state index in [1.165, 1.54) is 0 Å². The molecule has 2 amide bonds. The van der Waals surface area contributed by atoms with Crippen LogP contribution in [0, 0.1) is 0 Å². The van der Waals surface area contributed by atoms with Crippen molar-refractivity contribution in [1.29, 1.82) is 0 Å². The zero-order chi connectivity index (χ0) is 52.5. The topological polar surface area (TPSA) is 527 Å². The maximum atomic E-state index is 10.4. The van der Waals surface area contributed by atoms with Crippen molar-refractivity contribution in [1.82, 2.24) is 10.6 Å². The van der Waals surface area contributed by atoms with Crippen molar-refractivity contribution in [3.63, 3.8) is 0 Å². The van der Waals surface area contributed by atoms with Gasteiger partial charge in [-0.05, 0) is 101 Å². The van der Waals surface area contributed by atoms with Crippen molar-refractivity contribution in [2.45, 2.75) is 126 Å². The molecule has 386 valence electrons. The highest BCUT2D eigenvalue weighted by Gasteiger charge is 2.21. The summed E-state index contributed by atoms with van der Waals surface area (Å²) in [7, 11) is 0. The number of hydrogen-bond donors (Lipinski definition) is 17. The van der Waals surface area contributed by atoms with E-state index in [9.17, 15) is 43.2 Å². The van der Waals surface area contributed by atoms with Crippen LogP contribution >= 0.6 is 11.8 Å². The van der Waals surface area contributed by atoms with Crippen LogP contribution in [0.3, 0.4) is 0 Å². The summed E-state index contributed by atoms with van der Waals surface area (Å²) in [5.41, 5.74) is 41.5. The fraction of sp³-hybridized carbons (Fsp3) is 0.625. The second kappa shape index (κ2) is 43.1. The van der Waals surface area contributed by atoms with Gasteiger partial charge in [0.25, 0.3) is 0 Å². The molecule has 2 heterocycles. The highest BCUT2D eigenvalue weighted by atomic mass is 32.2. The average molecular weight is 983 g/mol. The zero-order valence-electron chi connectivity index (χ0n) is 37.8. The maximum absolute atomic E-state index is 10.4. The van der Waals surface area contributed by atoms with Crippen LogP contribution in [-0.2, 0) is 49.6 Å². The molecule has 1 aromatic rings. The van der Waals surface area contributed by atoms with Gasteiger partial charge in [-0.25, -0.2) is 0 Å². The van der Waals surface area contributed by atoms with E-state index in [1.54, 1.807) is 11.8 Å². The van der Waals surface area contributed by atoms with E-state index < -0.39 is 83.8 Å². The predicted molar refractivity (Wildman–Crippen MR) is 248 cm³/mol. The Morgan fingerprint density at radius 1 is 0.567 bits per heavy atom. The highest BCUT2D eigenvalue weighted by molar-refractivity contribution is 7.98. The first-order valence-corrected chi connectivity index (χ1v) is 22.3. The Labute approximate surface area is 393 Å². The smallest absolute Gasteiger partial charge is 0.320 e. The first-order valence-electron chi connectivity index (χ1n) is 20.9. The quantitative estimate of drug-likeness (QED) is 0.0525. The molecule has 26 nitrogen and oxygen atoms in total. The number of nitrogens with one attached hydrogen (secondary N) is 2. The molecule has 0 aromatic heterocycles. The highest BCUT2D eigenvalue weighted by Crippen LogP contribution is 2.05. The number of carbonyl (C=O) groups is 9. The van der Waals surface area contributed by atoms with Gasteiger partial charge < -0.3 is 92.2 Å². The first-order chi connectivity index (χ1) is 31.2. The lowest BCUT2D eigenvalue weighted by atomic mass is 10.1. The van der Waals surface area contributed by atoms with Crippen molar-refractivity contribution < 1.29 is 78.9 Å². The Morgan fingerprint density at radius 3 is 1.19 bits per heavy atom. The summed E-state index contributed by atoms with van der Waals surface area (Å²) in [4.78, 5) is 91.1. The van der Waals surface area contributed by atoms with Crippen molar-refractivity contribution in [2.75, 3.05) is 31.6 Å². The molecule has 2 aliphatic rings. The van der Waals surface area contributed by atoms with Crippen molar-refractivity contribution in [3.8, 4) is 0 Å². The number of carboxylic acids is 7. The van der Waals surface area contributed by atoms with Crippen LogP contribution in [0.15, 0.2) is 30.3 Å². The summed E-state index contributed by atoms with van der Waals surface area (Å²) in [6, 6.07) is 4.65. The molecule has 0 unspecified atom stereocenters. The lowest BCUT2D eigenvalue weighted by molar-refractivity contribution is -0.140. The van der Waals surface area contributed by atoms with Crippen molar-refractivity contribution in [2.24, 2.45) is 45.9 Å². The largest absolute Gasteiger partial charge is 0.480 e. The second-order valence-electron chi connectivity index (χ2n) is 14.5. The zero-order valence-corrected chi connectivity index (χ0v) is 38.6. The molecular weight excluding hydrogens is 909 g/mol. The fourth-order valence-electron chi connectivity index (χ4n) is 4.59. The molecule has 25 N–H and O–H groups in total. The number of thioether (sulfide) groups is 1. The van der Waals surface area contributed by atoms with Gasteiger partial charge >= 0.3 is 41.8 Å². The number of carbonyl (C=O) groups excluding carboxylic acids is 2. The summed E-state index contributed by atoms with van der Waals surface area (Å²) in [5.74, 6) is -6.71. The van der Waals surface area contributed by atoms with Gasteiger partial charge in [0.1, 0.15) is 42.3 Å². The third kappa shape index (κ3) is 45.4. The summed E-state index contributed by atoms with van der Waals surface area (Å²) < 4.78 is 0. The lowest BCUT2D eigenvalue weighted by Crippen LogP contribution is -2.32. The molecule has 0 aliphatic carbocycles. The summed E-state index contributed by atoms with van der Waals surface area (Å²) in [6.45, 7) is 2.32. The molecule has 1 aromatic carbocycles. The van der Waals surface area contributed by atoms with E-state index in [0.717, 1.165) is 62.9 Å². The molecule has 0 bridgehead atoms. The first kappa shape index (κ1) is 68.1. The van der Waals surface area contributed by atoms with Gasteiger partial charge in [0, 0.05) is 12.8 Å². The summed E-state index contributed by atoms with van der Waals surface area (Å²) in [5, 5.41) is 64.0. The van der Waals surface area contributed by atoms with Crippen LogP contribution in [0.1, 0.15) is 82.6 Å². The van der Waals surface area contributed by atoms with Gasteiger partial charge in [-0.3, -0.25) is 43.2 Å². The van der Waals surface area contributed by atoms with Gasteiger partial charge in [-0.15, -0.1) is 0 Å². The number of rotatable bonds is 22. The number of unbranched alkanes of at least 4 members (excludes halogenated alkanes) is 1. The van der Waals surface area contributed by atoms with Crippen LogP contribution < -0.4 is 56.5 Å². The molecule has 0 spiro atoms. The number of aliphatic carboxylic acids is 7. The molecule has 67 heavy (non-hydrogen) atoms. The monoisotopic (exact) mass is 983 g/mol. The number of nitrogens with two attached hydrogens (primary N) is 8. The molecule has 7 atom stereocenters. The van der Waals surface area contributed by atoms with Crippen molar-refractivity contribution >= 4 is 65.4 Å². The molecule has 0 saturated carbocycles. The van der Waals surface area contributed by atoms with Crippen LogP contribution in [0.2, 0.25) is 0 Å². The minimum absolute atomic E-state index is 0.0213. The molecule has 2 fully saturated rings. The standard InChI is InChI=1S/C9H11NO2.C6H14N2O2.2C5H10N2O3.C5H11NO2S.2C5H9NO2/c10-8(9(11)12)6-7-4-2-1-3-5-7;7-4-2-1-3-5(8)6(9)10;2*6-3(5(9)10)1-2-4(7)8;1-9-3-2-4(6)5(7)8;2*7-5(8)4-2-1-3-6-4/h1-5,8H,6,10H2,(H,11,12);5H,1-4,7-8H2,(H,9,10);2*3H,1-2,6H2,(H2,7,8)(H,9,10);4H,2-3,6H2,1H3,(H,7,8);2*4,6H,1-3H2,(H,7,8)/t8-;5-;2*3-;3*4-/m0000000/s1. The number of amides is 2. The Balaban J connectivity index is -0.000000347. The van der Waals surface area contributed by atoms with Gasteiger partial charge in [0.05, 0.1) is 0 Å². The summed E-state index contributed by atoms with van der Waals surface area (Å²) >= 11 is 1.60. The molecular formula is C40H74N10O16S. The minimum atomic E-state index is -1.11. The van der Waals surface area contributed by atoms with Gasteiger partial charge in [-0.2, -0.15) is 11.8 Å². The van der Waals surface area contributed by atoms with Crippen molar-refractivity contribution in [3.05, 3.63) is 35.9 Å². The van der Waals surface area contributed by atoms with E-state index in [-0.39, 0.29) is 37.8 Å². The molecule has 0 radical (unpaired) electrons. The number of benzene rings is 1. The third-order valence-electron chi connectivity index (χ3n) is 8.61.